The average molecular weight is 204 g/mol. The summed E-state index contributed by atoms with van der Waals surface area (Å²) in [6.07, 6.45) is 4.50. The molecular formula is C8H12O4S. The van der Waals surface area contributed by atoms with Gasteiger partial charge in [-0.05, 0) is 13.8 Å². The Kier molecular flexibility index (Phi) is 4.49. The van der Waals surface area contributed by atoms with E-state index in [0.29, 0.717) is 0 Å². The molecule has 74 valence electrons. The number of rotatable bonds is 4. The summed E-state index contributed by atoms with van der Waals surface area (Å²) in [5, 5.41) is 0. The van der Waals surface area contributed by atoms with Crippen LogP contribution in [-0.2, 0) is 19.4 Å². The molecule has 0 aromatic rings. The van der Waals surface area contributed by atoms with E-state index in [-0.39, 0.29) is 6.10 Å². The lowest BCUT2D eigenvalue weighted by molar-refractivity contribution is -0.144. The molecule has 0 aromatic carbocycles. The first-order chi connectivity index (χ1) is 5.87. The number of carbonyl (C=O) groups is 1. The first kappa shape index (κ1) is 12.0. The van der Waals surface area contributed by atoms with E-state index < -0.39 is 27.3 Å². The molecule has 0 aliphatic carbocycles. The minimum absolute atomic E-state index is 0.312. The van der Waals surface area contributed by atoms with Gasteiger partial charge in [-0.3, -0.25) is 4.79 Å². The molecule has 0 N–H and O–H groups in total. The van der Waals surface area contributed by atoms with Crippen LogP contribution < -0.4 is 0 Å². The summed E-state index contributed by atoms with van der Waals surface area (Å²) < 4.78 is 26.6. The predicted octanol–water partition coefficient (Wildman–Crippen LogP) is -0.0140. The molecule has 0 amide bonds. The highest BCUT2D eigenvalue weighted by atomic mass is 32.2. The SMILES string of the molecule is C#CCS(=O)(=O)CC(=O)OC(C)C. The first-order valence-electron chi connectivity index (χ1n) is 3.71. The summed E-state index contributed by atoms with van der Waals surface area (Å²) in [5.74, 6) is 0.138. The van der Waals surface area contributed by atoms with E-state index in [1.807, 2.05) is 5.92 Å². The largest absolute Gasteiger partial charge is 0.462 e. The van der Waals surface area contributed by atoms with Crippen LogP contribution in [0.5, 0.6) is 0 Å². The lowest BCUT2D eigenvalue weighted by atomic mass is 10.5. The highest BCUT2D eigenvalue weighted by Crippen LogP contribution is 1.95. The molecule has 0 atom stereocenters. The third-order valence-electron chi connectivity index (χ3n) is 1.01. The zero-order valence-corrected chi connectivity index (χ0v) is 8.43. The molecule has 0 aliphatic rings. The van der Waals surface area contributed by atoms with Crippen molar-refractivity contribution in [3.63, 3.8) is 0 Å². The van der Waals surface area contributed by atoms with Crippen LogP contribution in [0.25, 0.3) is 0 Å². The Balaban J connectivity index is 4.15. The van der Waals surface area contributed by atoms with E-state index in [4.69, 9.17) is 6.42 Å². The topological polar surface area (TPSA) is 60.4 Å². The van der Waals surface area contributed by atoms with Crippen molar-refractivity contribution < 1.29 is 17.9 Å². The van der Waals surface area contributed by atoms with Crippen molar-refractivity contribution in [2.75, 3.05) is 11.5 Å². The first-order valence-corrected chi connectivity index (χ1v) is 5.53. The summed E-state index contributed by atoms with van der Waals surface area (Å²) in [4.78, 5) is 10.9. The van der Waals surface area contributed by atoms with Crippen LogP contribution in [0.1, 0.15) is 13.8 Å². The number of ether oxygens (including phenoxy) is 1. The van der Waals surface area contributed by atoms with Crippen molar-refractivity contribution in [2.24, 2.45) is 0 Å². The van der Waals surface area contributed by atoms with E-state index in [0.717, 1.165) is 0 Å². The number of carbonyl (C=O) groups excluding carboxylic acids is 1. The Morgan fingerprint density at radius 1 is 1.54 bits per heavy atom. The quantitative estimate of drug-likeness (QED) is 0.477. The molecule has 13 heavy (non-hydrogen) atoms. The fourth-order valence-corrected chi connectivity index (χ4v) is 1.44. The molecule has 0 aliphatic heterocycles. The van der Waals surface area contributed by atoms with E-state index >= 15 is 0 Å². The maximum atomic E-state index is 11.0. The molecule has 4 nitrogen and oxygen atoms in total. The van der Waals surface area contributed by atoms with Crippen molar-refractivity contribution in [2.45, 2.75) is 20.0 Å². The zero-order valence-electron chi connectivity index (χ0n) is 7.61. The third kappa shape index (κ3) is 6.17. The lowest BCUT2D eigenvalue weighted by Crippen LogP contribution is -2.22. The van der Waals surface area contributed by atoms with E-state index in [1.54, 1.807) is 13.8 Å². The Hall–Kier alpha value is -1.02. The van der Waals surface area contributed by atoms with Gasteiger partial charge in [-0.25, -0.2) is 8.42 Å². The van der Waals surface area contributed by atoms with Gasteiger partial charge in [0.2, 0.25) is 0 Å². The van der Waals surface area contributed by atoms with E-state index in [9.17, 15) is 13.2 Å². The number of terminal acetylenes is 1. The molecule has 0 heterocycles. The van der Waals surface area contributed by atoms with Gasteiger partial charge in [0.15, 0.2) is 9.84 Å². The smallest absolute Gasteiger partial charge is 0.321 e. The summed E-state index contributed by atoms with van der Waals surface area (Å²) in [5.41, 5.74) is 0. The van der Waals surface area contributed by atoms with Crippen molar-refractivity contribution >= 4 is 15.8 Å². The maximum Gasteiger partial charge on any atom is 0.321 e. The highest BCUT2D eigenvalue weighted by Gasteiger charge is 2.17. The molecule has 0 bridgehead atoms. The van der Waals surface area contributed by atoms with E-state index in [2.05, 4.69) is 4.74 Å². The molecule has 0 rings (SSSR count). The van der Waals surface area contributed by atoms with Crippen LogP contribution in [0.2, 0.25) is 0 Å². The van der Waals surface area contributed by atoms with Crippen LogP contribution in [-0.4, -0.2) is 32.0 Å². The van der Waals surface area contributed by atoms with Crippen LogP contribution >= 0.6 is 0 Å². The number of hydrogen-bond donors (Lipinski definition) is 0. The van der Waals surface area contributed by atoms with Gasteiger partial charge in [-0.15, -0.1) is 6.42 Å². The van der Waals surface area contributed by atoms with Crippen LogP contribution in [0, 0.1) is 12.3 Å². The second kappa shape index (κ2) is 4.87. The number of esters is 1. The molecule has 0 fully saturated rings. The van der Waals surface area contributed by atoms with Gasteiger partial charge >= 0.3 is 5.97 Å². The molecule has 0 saturated heterocycles. The standard InChI is InChI=1S/C8H12O4S/c1-4-5-13(10,11)6-8(9)12-7(2)3/h1,7H,5-6H2,2-3H3. The highest BCUT2D eigenvalue weighted by molar-refractivity contribution is 7.92. The summed E-state index contributed by atoms with van der Waals surface area (Å²) in [6, 6.07) is 0. The van der Waals surface area contributed by atoms with Gasteiger partial charge in [0.25, 0.3) is 0 Å². The van der Waals surface area contributed by atoms with Crippen molar-refractivity contribution in [1.29, 1.82) is 0 Å². The predicted molar refractivity (Wildman–Crippen MR) is 48.7 cm³/mol. The fraction of sp³-hybridized carbons (Fsp3) is 0.625. The maximum absolute atomic E-state index is 11.0. The lowest BCUT2D eigenvalue weighted by Gasteiger charge is -2.06. The molecule has 0 aromatic heterocycles. The summed E-state index contributed by atoms with van der Waals surface area (Å²) >= 11 is 0. The molecule has 0 unspecified atom stereocenters. The minimum atomic E-state index is -3.49. The molecule has 5 heteroatoms. The Morgan fingerprint density at radius 3 is 2.46 bits per heavy atom. The summed E-state index contributed by atoms with van der Waals surface area (Å²) in [6.45, 7) is 3.29. The fourth-order valence-electron chi connectivity index (χ4n) is 0.654. The number of sulfone groups is 1. The van der Waals surface area contributed by atoms with Crippen LogP contribution in [0.15, 0.2) is 0 Å². The second-order valence-electron chi connectivity index (χ2n) is 2.77. The Bertz CT molecular complexity index is 308. The van der Waals surface area contributed by atoms with Gasteiger partial charge in [0.05, 0.1) is 6.10 Å². The van der Waals surface area contributed by atoms with E-state index in [1.165, 1.54) is 0 Å². The van der Waals surface area contributed by atoms with Crippen LogP contribution in [0.4, 0.5) is 0 Å². The van der Waals surface area contributed by atoms with Gasteiger partial charge in [-0.1, -0.05) is 5.92 Å². The van der Waals surface area contributed by atoms with Crippen molar-refractivity contribution in [3.05, 3.63) is 0 Å². The third-order valence-corrected chi connectivity index (χ3v) is 2.29. The molecule has 0 spiro atoms. The average Bonchev–Trinajstić information content (AvgIpc) is 1.81. The normalized spacial score (nSPS) is 10.9. The monoisotopic (exact) mass is 204 g/mol. The molecular weight excluding hydrogens is 192 g/mol. The Morgan fingerprint density at radius 2 is 2.08 bits per heavy atom. The van der Waals surface area contributed by atoms with Crippen LogP contribution in [0.3, 0.4) is 0 Å². The van der Waals surface area contributed by atoms with Crippen molar-refractivity contribution in [3.8, 4) is 12.3 Å². The Labute approximate surface area is 78.2 Å². The molecule has 0 radical (unpaired) electrons. The molecule has 0 saturated carbocycles. The van der Waals surface area contributed by atoms with Gasteiger partial charge in [0, 0.05) is 0 Å². The van der Waals surface area contributed by atoms with Gasteiger partial charge in [-0.2, -0.15) is 0 Å². The van der Waals surface area contributed by atoms with Gasteiger partial charge < -0.3 is 4.74 Å². The number of hydrogen-bond acceptors (Lipinski definition) is 4. The minimum Gasteiger partial charge on any atom is -0.462 e. The van der Waals surface area contributed by atoms with Gasteiger partial charge in [0.1, 0.15) is 11.5 Å². The van der Waals surface area contributed by atoms with Crippen molar-refractivity contribution in [1.82, 2.24) is 0 Å². The summed E-state index contributed by atoms with van der Waals surface area (Å²) in [7, 11) is -3.49. The second-order valence-corrected chi connectivity index (χ2v) is 4.84. The zero-order chi connectivity index (χ0) is 10.5.